The molecule has 4 N–H and O–H groups in total. The van der Waals surface area contributed by atoms with Crippen LogP contribution in [0.15, 0.2) is 0 Å². The minimum absolute atomic E-state index is 0.173. The highest BCUT2D eigenvalue weighted by molar-refractivity contribution is 5.76. The molecule has 0 spiro atoms. The molecule has 0 saturated heterocycles. The summed E-state index contributed by atoms with van der Waals surface area (Å²) in [5, 5.41) is 0. The Hall–Kier alpha value is -0.820. The summed E-state index contributed by atoms with van der Waals surface area (Å²) in [4.78, 5) is 11.8. The minimum Gasteiger partial charge on any atom is -0.369 e. The lowest BCUT2D eigenvalue weighted by Crippen LogP contribution is -2.59. The fourth-order valence-electron chi connectivity index (χ4n) is 1.68. The fraction of sp³-hybridized carbons (Fsp3) is 0.900. The van der Waals surface area contributed by atoms with E-state index < -0.39 is 36.8 Å². The van der Waals surface area contributed by atoms with Gasteiger partial charge in [0.1, 0.15) is 6.04 Å². The topological polar surface area (TPSA) is 72.3 Å². The van der Waals surface area contributed by atoms with Crippen LogP contribution in [0.4, 0.5) is 13.2 Å². The van der Waals surface area contributed by atoms with Crippen LogP contribution in [0.3, 0.4) is 0 Å². The highest BCUT2D eigenvalue weighted by Gasteiger charge is 2.47. The fourth-order valence-corrected chi connectivity index (χ4v) is 1.68. The molecule has 0 aromatic carbocycles. The molecule has 0 rings (SSSR count). The van der Waals surface area contributed by atoms with Gasteiger partial charge in [0, 0.05) is 12.1 Å². The number of halogens is 3. The van der Waals surface area contributed by atoms with Gasteiger partial charge in [-0.05, 0) is 20.3 Å². The van der Waals surface area contributed by atoms with Crippen LogP contribution in [0.25, 0.3) is 0 Å². The van der Waals surface area contributed by atoms with Crippen molar-refractivity contribution in [2.45, 2.75) is 51.5 Å². The van der Waals surface area contributed by atoms with Crippen LogP contribution in [0.2, 0.25) is 0 Å². The van der Waals surface area contributed by atoms with Crippen molar-refractivity contribution in [3.05, 3.63) is 0 Å². The van der Waals surface area contributed by atoms with Crippen molar-refractivity contribution in [1.29, 1.82) is 0 Å². The van der Waals surface area contributed by atoms with Crippen molar-refractivity contribution in [3.8, 4) is 0 Å². The van der Waals surface area contributed by atoms with Crippen molar-refractivity contribution in [3.63, 3.8) is 0 Å². The maximum absolute atomic E-state index is 12.9. The van der Waals surface area contributed by atoms with Crippen LogP contribution in [0, 0.1) is 0 Å². The number of nitrogens with zero attached hydrogens (tertiary/aromatic N) is 1. The molecule has 0 bridgehead atoms. The van der Waals surface area contributed by atoms with Crippen molar-refractivity contribution >= 4 is 5.91 Å². The number of rotatable bonds is 6. The van der Waals surface area contributed by atoms with Gasteiger partial charge in [0.25, 0.3) is 0 Å². The van der Waals surface area contributed by atoms with Crippen LogP contribution in [-0.2, 0) is 4.79 Å². The Morgan fingerprint density at radius 3 is 2.06 bits per heavy atom. The maximum atomic E-state index is 12.9. The van der Waals surface area contributed by atoms with Gasteiger partial charge in [0.05, 0.1) is 6.54 Å². The van der Waals surface area contributed by atoms with Crippen LogP contribution < -0.4 is 11.5 Å². The first-order valence-corrected chi connectivity index (χ1v) is 5.47. The number of alkyl halides is 3. The van der Waals surface area contributed by atoms with Gasteiger partial charge in [-0.15, -0.1) is 0 Å². The number of hydrogen-bond donors (Lipinski definition) is 2. The second-order valence-electron chi connectivity index (χ2n) is 4.29. The summed E-state index contributed by atoms with van der Waals surface area (Å²) in [5.74, 6) is -0.795. The summed E-state index contributed by atoms with van der Waals surface area (Å²) in [6.45, 7) is 4.27. The molecule has 0 aliphatic heterocycles. The molecule has 4 nitrogen and oxygen atoms in total. The summed E-state index contributed by atoms with van der Waals surface area (Å²) in [7, 11) is 0. The molecule has 17 heavy (non-hydrogen) atoms. The summed E-state index contributed by atoms with van der Waals surface area (Å²) in [6.07, 6.45) is -4.30. The molecule has 0 heterocycles. The van der Waals surface area contributed by atoms with Gasteiger partial charge >= 0.3 is 6.18 Å². The van der Waals surface area contributed by atoms with E-state index in [1.54, 1.807) is 20.8 Å². The molecule has 0 saturated carbocycles. The first-order valence-electron chi connectivity index (χ1n) is 5.47. The number of hydrogen-bond acceptors (Lipinski definition) is 3. The predicted molar refractivity (Wildman–Crippen MR) is 59.1 cm³/mol. The maximum Gasteiger partial charge on any atom is 0.405 e. The summed E-state index contributed by atoms with van der Waals surface area (Å²) in [5.41, 5.74) is 10.5. The number of carbonyl (C=O) groups is 1. The Morgan fingerprint density at radius 1 is 1.35 bits per heavy atom. The smallest absolute Gasteiger partial charge is 0.369 e. The van der Waals surface area contributed by atoms with Gasteiger partial charge < -0.3 is 11.5 Å². The zero-order valence-corrected chi connectivity index (χ0v) is 10.3. The Bertz CT molecular complexity index is 256. The minimum atomic E-state index is -4.48. The lowest BCUT2D eigenvalue weighted by atomic mass is 10.0. The average Bonchev–Trinajstić information content (AvgIpc) is 2.13. The first kappa shape index (κ1) is 16.2. The second-order valence-corrected chi connectivity index (χ2v) is 4.29. The molecule has 102 valence electrons. The van der Waals surface area contributed by atoms with Crippen molar-refractivity contribution < 1.29 is 18.0 Å². The van der Waals surface area contributed by atoms with Gasteiger partial charge in [0.15, 0.2) is 0 Å². The number of carbonyl (C=O) groups excluding carboxylic acids is 1. The van der Waals surface area contributed by atoms with Crippen LogP contribution >= 0.6 is 0 Å². The number of nitrogens with two attached hydrogens (primary N) is 2. The zero-order chi connectivity index (χ0) is 13.8. The van der Waals surface area contributed by atoms with Crippen LogP contribution in [0.1, 0.15) is 27.2 Å². The molecular formula is C10H20F3N3O. The highest BCUT2D eigenvalue weighted by atomic mass is 19.4. The van der Waals surface area contributed by atoms with E-state index >= 15 is 0 Å². The quantitative estimate of drug-likeness (QED) is 0.739. The van der Waals surface area contributed by atoms with E-state index in [9.17, 15) is 18.0 Å². The predicted octanol–water partition coefficient (Wildman–Crippen LogP) is 0.850. The van der Waals surface area contributed by atoms with Crippen LogP contribution in [-0.4, -0.2) is 41.7 Å². The standard InChI is InChI=1S/C10H20F3N3O/c1-4-7(14)9(10(11,12)13)16(6(2)3)5-8(15)17/h6-7,9H,4-5,14H2,1-3H3,(H2,15,17). The normalized spacial score (nSPS) is 16.3. The zero-order valence-electron chi connectivity index (χ0n) is 10.3. The van der Waals surface area contributed by atoms with Gasteiger partial charge in [-0.2, -0.15) is 13.2 Å². The number of amides is 1. The van der Waals surface area contributed by atoms with Crippen LogP contribution in [0.5, 0.6) is 0 Å². The molecule has 0 fully saturated rings. The lowest BCUT2D eigenvalue weighted by molar-refractivity contribution is -0.194. The SMILES string of the molecule is CCC(N)C(N(CC(N)=O)C(C)C)C(F)(F)F. The monoisotopic (exact) mass is 255 g/mol. The van der Waals surface area contributed by atoms with Gasteiger partial charge in [-0.1, -0.05) is 6.92 Å². The van der Waals surface area contributed by atoms with E-state index in [2.05, 4.69) is 0 Å². The van der Waals surface area contributed by atoms with Crippen molar-refractivity contribution in [2.24, 2.45) is 11.5 Å². The Balaban J connectivity index is 5.15. The van der Waals surface area contributed by atoms with Crippen molar-refractivity contribution in [1.82, 2.24) is 4.90 Å². The number of primary amides is 1. The second kappa shape index (κ2) is 6.20. The first-order chi connectivity index (χ1) is 7.61. The molecule has 0 aliphatic rings. The molecule has 2 atom stereocenters. The van der Waals surface area contributed by atoms with E-state index in [0.29, 0.717) is 0 Å². The summed E-state index contributed by atoms with van der Waals surface area (Å²) in [6, 6.07) is -3.39. The molecule has 0 aliphatic carbocycles. The third kappa shape index (κ3) is 4.91. The van der Waals surface area contributed by atoms with Crippen molar-refractivity contribution in [2.75, 3.05) is 6.54 Å². The third-order valence-corrected chi connectivity index (χ3v) is 2.57. The summed E-state index contributed by atoms with van der Waals surface area (Å²) < 4.78 is 38.8. The molecule has 0 aromatic rings. The Labute approximate surface area is 99.1 Å². The molecule has 0 aromatic heterocycles. The largest absolute Gasteiger partial charge is 0.405 e. The van der Waals surface area contributed by atoms with E-state index in [1.807, 2.05) is 0 Å². The molecule has 2 unspecified atom stereocenters. The molecule has 0 radical (unpaired) electrons. The van der Waals surface area contributed by atoms with E-state index in [-0.39, 0.29) is 6.42 Å². The average molecular weight is 255 g/mol. The highest BCUT2D eigenvalue weighted by Crippen LogP contribution is 2.28. The van der Waals surface area contributed by atoms with E-state index in [1.165, 1.54) is 0 Å². The van der Waals surface area contributed by atoms with Gasteiger partial charge in [-0.3, -0.25) is 9.69 Å². The lowest BCUT2D eigenvalue weighted by Gasteiger charge is -2.38. The van der Waals surface area contributed by atoms with E-state index in [4.69, 9.17) is 11.5 Å². The Kier molecular flexibility index (Phi) is 5.91. The molecular weight excluding hydrogens is 235 g/mol. The molecule has 7 heteroatoms. The van der Waals surface area contributed by atoms with Gasteiger partial charge in [-0.25, -0.2) is 0 Å². The third-order valence-electron chi connectivity index (χ3n) is 2.57. The van der Waals surface area contributed by atoms with E-state index in [0.717, 1.165) is 4.90 Å². The summed E-state index contributed by atoms with van der Waals surface area (Å²) >= 11 is 0. The molecule has 1 amide bonds. The Morgan fingerprint density at radius 2 is 1.82 bits per heavy atom. The van der Waals surface area contributed by atoms with Gasteiger partial charge in [0.2, 0.25) is 5.91 Å².